The fraction of sp³-hybridized carbons (Fsp3) is 0.500. The van der Waals surface area contributed by atoms with Crippen molar-refractivity contribution < 1.29 is 14.9 Å². The van der Waals surface area contributed by atoms with E-state index in [-0.39, 0.29) is 12.8 Å². The van der Waals surface area contributed by atoms with Crippen molar-refractivity contribution in [2.45, 2.75) is 24.9 Å². The van der Waals surface area contributed by atoms with Gasteiger partial charge in [0.1, 0.15) is 28.8 Å². The van der Waals surface area contributed by atoms with E-state index in [0.29, 0.717) is 22.2 Å². The lowest BCUT2D eigenvalue weighted by atomic mass is 10.2. The van der Waals surface area contributed by atoms with Crippen LogP contribution < -0.4 is 0 Å². The third-order valence-corrected chi connectivity index (χ3v) is 3.59. The molecule has 0 radical (unpaired) electrons. The van der Waals surface area contributed by atoms with Crippen molar-refractivity contribution in [2.75, 3.05) is 6.61 Å². The zero-order valence-corrected chi connectivity index (χ0v) is 10.9. The Morgan fingerprint density at radius 3 is 3.00 bits per heavy atom. The SMILES string of the molecule is OC[C@H]1O[C@@H](n2cnc3c(Br)ncnc32)C[C@@H]1O. The van der Waals surface area contributed by atoms with Gasteiger partial charge in [0.25, 0.3) is 0 Å². The van der Waals surface area contributed by atoms with Gasteiger partial charge in [-0.2, -0.15) is 0 Å². The second kappa shape index (κ2) is 4.54. The minimum Gasteiger partial charge on any atom is -0.394 e. The lowest BCUT2D eigenvalue weighted by Crippen LogP contribution is -2.24. The van der Waals surface area contributed by atoms with Gasteiger partial charge in [0, 0.05) is 6.42 Å². The standard InChI is InChI=1S/C10H11BrN4O3/c11-9-8-10(13-3-12-9)15(4-14-8)7-1-5(17)6(2-16)18-7/h3-7,16-17H,1-2H2/t5-,6+,7+/m0/s1. The molecule has 0 unspecified atom stereocenters. The van der Waals surface area contributed by atoms with Crippen LogP contribution in [0.15, 0.2) is 17.3 Å². The van der Waals surface area contributed by atoms with Gasteiger partial charge >= 0.3 is 0 Å². The molecule has 3 atom stereocenters. The zero-order valence-electron chi connectivity index (χ0n) is 9.27. The summed E-state index contributed by atoms with van der Waals surface area (Å²) >= 11 is 3.30. The Morgan fingerprint density at radius 1 is 1.44 bits per heavy atom. The minimum absolute atomic E-state index is 0.205. The molecule has 18 heavy (non-hydrogen) atoms. The number of rotatable bonds is 2. The molecule has 0 bridgehead atoms. The Balaban J connectivity index is 1.99. The summed E-state index contributed by atoms with van der Waals surface area (Å²) in [6, 6.07) is 0. The molecule has 1 saturated heterocycles. The van der Waals surface area contributed by atoms with Gasteiger partial charge in [0.05, 0.1) is 19.0 Å². The van der Waals surface area contributed by atoms with Gasteiger partial charge < -0.3 is 14.9 Å². The average Bonchev–Trinajstić information content (AvgIpc) is 2.93. The van der Waals surface area contributed by atoms with Crippen molar-refractivity contribution >= 4 is 27.1 Å². The maximum absolute atomic E-state index is 9.72. The van der Waals surface area contributed by atoms with E-state index in [9.17, 15) is 5.11 Å². The third-order valence-electron chi connectivity index (χ3n) is 3.01. The molecule has 3 heterocycles. The van der Waals surface area contributed by atoms with Crippen LogP contribution in [0.2, 0.25) is 0 Å². The summed E-state index contributed by atoms with van der Waals surface area (Å²) in [6.07, 6.45) is 1.82. The molecular weight excluding hydrogens is 304 g/mol. The van der Waals surface area contributed by atoms with Crippen LogP contribution in [-0.4, -0.2) is 48.5 Å². The quantitative estimate of drug-likeness (QED) is 0.771. The molecule has 8 heteroatoms. The van der Waals surface area contributed by atoms with Crippen LogP contribution in [0.5, 0.6) is 0 Å². The van der Waals surface area contributed by atoms with E-state index in [4.69, 9.17) is 9.84 Å². The molecule has 96 valence electrons. The molecule has 2 N–H and O–H groups in total. The molecule has 0 saturated carbocycles. The molecule has 2 aromatic heterocycles. The molecule has 0 aliphatic carbocycles. The minimum atomic E-state index is -0.678. The first-order valence-electron chi connectivity index (χ1n) is 5.48. The monoisotopic (exact) mass is 314 g/mol. The highest BCUT2D eigenvalue weighted by Crippen LogP contribution is 2.31. The molecule has 2 aromatic rings. The van der Waals surface area contributed by atoms with E-state index in [0.717, 1.165) is 0 Å². The van der Waals surface area contributed by atoms with Crippen molar-refractivity contribution in [1.82, 2.24) is 19.5 Å². The van der Waals surface area contributed by atoms with E-state index < -0.39 is 12.2 Å². The largest absolute Gasteiger partial charge is 0.394 e. The number of aliphatic hydroxyl groups is 2. The fourth-order valence-electron chi connectivity index (χ4n) is 2.08. The molecule has 3 rings (SSSR count). The van der Waals surface area contributed by atoms with Crippen molar-refractivity contribution in [3.63, 3.8) is 0 Å². The normalized spacial score (nSPS) is 28.1. The molecular formula is C10H11BrN4O3. The number of aromatic nitrogens is 4. The molecule has 1 aliphatic heterocycles. The van der Waals surface area contributed by atoms with E-state index in [1.165, 1.54) is 6.33 Å². The van der Waals surface area contributed by atoms with Gasteiger partial charge in [-0.1, -0.05) is 0 Å². The number of fused-ring (bicyclic) bond motifs is 1. The topological polar surface area (TPSA) is 93.3 Å². The Kier molecular flexibility index (Phi) is 3.02. The Hall–Kier alpha value is -1.09. The van der Waals surface area contributed by atoms with Crippen molar-refractivity contribution in [3.8, 4) is 0 Å². The molecule has 0 amide bonds. The number of imidazole rings is 1. The van der Waals surface area contributed by atoms with E-state index in [1.54, 1.807) is 10.9 Å². The second-order valence-corrected chi connectivity index (χ2v) is 4.85. The summed E-state index contributed by atoms with van der Waals surface area (Å²) in [5, 5.41) is 18.8. The van der Waals surface area contributed by atoms with Crippen LogP contribution in [0.3, 0.4) is 0 Å². The van der Waals surface area contributed by atoms with Crippen LogP contribution >= 0.6 is 15.9 Å². The van der Waals surface area contributed by atoms with E-state index in [2.05, 4.69) is 30.9 Å². The zero-order chi connectivity index (χ0) is 12.7. The lowest BCUT2D eigenvalue weighted by molar-refractivity contribution is -0.0432. The van der Waals surface area contributed by atoms with Crippen LogP contribution in [0.25, 0.3) is 11.2 Å². The number of ether oxygens (including phenoxy) is 1. The van der Waals surface area contributed by atoms with Crippen LogP contribution in [0.1, 0.15) is 12.6 Å². The average molecular weight is 315 g/mol. The Bertz CT molecular complexity index is 575. The number of halogens is 1. The summed E-state index contributed by atoms with van der Waals surface area (Å²) in [7, 11) is 0. The number of aliphatic hydroxyl groups excluding tert-OH is 2. The number of nitrogens with zero attached hydrogens (tertiary/aromatic N) is 4. The van der Waals surface area contributed by atoms with Gasteiger partial charge in [-0.25, -0.2) is 15.0 Å². The summed E-state index contributed by atoms with van der Waals surface area (Å²) in [4.78, 5) is 12.4. The number of hydrogen-bond donors (Lipinski definition) is 2. The van der Waals surface area contributed by atoms with Crippen LogP contribution in [0, 0.1) is 0 Å². The van der Waals surface area contributed by atoms with Crippen molar-refractivity contribution in [1.29, 1.82) is 0 Å². The first-order chi connectivity index (χ1) is 8.70. The summed E-state index contributed by atoms with van der Waals surface area (Å²) in [5.74, 6) is 0. The lowest BCUT2D eigenvalue weighted by Gasteiger charge is -2.13. The molecule has 0 aromatic carbocycles. The van der Waals surface area contributed by atoms with Gasteiger partial charge in [-0.15, -0.1) is 0 Å². The first kappa shape index (κ1) is 12.0. The Morgan fingerprint density at radius 2 is 2.28 bits per heavy atom. The molecule has 1 fully saturated rings. The van der Waals surface area contributed by atoms with Gasteiger partial charge in [-0.3, -0.25) is 4.57 Å². The van der Waals surface area contributed by atoms with E-state index >= 15 is 0 Å². The van der Waals surface area contributed by atoms with E-state index in [1.807, 2.05) is 0 Å². The second-order valence-electron chi connectivity index (χ2n) is 4.10. The fourth-order valence-corrected chi connectivity index (χ4v) is 2.46. The first-order valence-corrected chi connectivity index (χ1v) is 6.27. The maximum Gasteiger partial charge on any atom is 0.166 e. The van der Waals surface area contributed by atoms with Crippen molar-refractivity contribution in [3.05, 3.63) is 17.3 Å². The highest BCUT2D eigenvalue weighted by atomic mass is 79.9. The molecule has 0 spiro atoms. The predicted molar refractivity (Wildman–Crippen MR) is 64.6 cm³/mol. The summed E-state index contributed by atoms with van der Waals surface area (Å²) in [6.45, 7) is -0.205. The summed E-state index contributed by atoms with van der Waals surface area (Å²) < 4.78 is 7.91. The maximum atomic E-state index is 9.72. The van der Waals surface area contributed by atoms with Crippen molar-refractivity contribution in [2.24, 2.45) is 0 Å². The van der Waals surface area contributed by atoms with Crippen LogP contribution in [-0.2, 0) is 4.74 Å². The highest BCUT2D eigenvalue weighted by molar-refractivity contribution is 9.10. The van der Waals surface area contributed by atoms with Crippen LogP contribution in [0.4, 0.5) is 0 Å². The smallest absolute Gasteiger partial charge is 0.166 e. The Labute approximate surface area is 111 Å². The van der Waals surface area contributed by atoms with Gasteiger partial charge in [0.15, 0.2) is 5.65 Å². The highest BCUT2D eigenvalue weighted by Gasteiger charge is 2.35. The number of hydrogen-bond acceptors (Lipinski definition) is 6. The predicted octanol–water partition coefficient (Wildman–Crippen LogP) is 0.229. The van der Waals surface area contributed by atoms with Gasteiger partial charge in [0.2, 0.25) is 0 Å². The molecule has 1 aliphatic rings. The summed E-state index contributed by atoms with van der Waals surface area (Å²) in [5.41, 5.74) is 1.27. The van der Waals surface area contributed by atoms with Gasteiger partial charge in [-0.05, 0) is 15.9 Å². The third kappa shape index (κ3) is 1.81. The molecule has 7 nitrogen and oxygen atoms in total.